The highest BCUT2D eigenvalue weighted by Gasteiger charge is 2.21. The number of amides is 1. The molecule has 1 aliphatic rings. The Morgan fingerprint density at radius 3 is 2.63 bits per heavy atom. The number of benzene rings is 1. The molecule has 5 nitrogen and oxygen atoms in total. The number of hydrogen-bond acceptors (Lipinski definition) is 4. The highest BCUT2D eigenvalue weighted by molar-refractivity contribution is 5.73. The van der Waals surface area contributed by atoms with Gasteiger partial charge in [-0.3, -0.25) is 9.69 Å². The van der Waals surface area contributed by atoms with Crippen molar-refractivity contribution in [3.8, 4) is 0 Å². The molecule has 1 unspecified atom stereocenters. The monoisotopic (exact) mass is 263 g/mol. The number of aliphatic hydroxyl groups is 1. The highest BCUT2D eigenvalue weighted by Crippen LogP contribution is 2.17. The molecular formula is C14H21N3O2. The Labute approximate surface area is 113 Å². The van der Waals surface area contributed by atoms with Crippen molar-refractivity contribution < 1.29 is 9.90 Å². The lowest BCUT2D eigenvalue weighted by atomic mass is 10.1. The van der Waals surface area contributed by atoms with E-state index >= 15 is 0 Å². The fraction of sp³-hybridized carbons (Fsp3) is 0.500. The zero-order valence-corrected chi connectivity index (χ0v) is 11.2. The molecule has 104 valence electrons. The minimum atomic E-state index is -0.535. The maximum atomic E-state index is 11.2. The van der Waals surface area contributed by atoms with E-state index in [1.165, 1.54) is 0 Å². The van der Waals surface area contributed by atoms with Crippen LogP contribution < -0.4 is 5.73 Å². The predicted molar refractivity (Wildman–Crippen MR) is 74.5 cm³/mol. The number of carbonyl (C=O) groups is 1. The van der Waals surface area contributed by atoms with Crippen LogP contribution in [-0.4, -0.2) is 53.5 Å². The topological polar surface area (TPSA) is 69.8 Å². The summed E-state index contributed by atoms with van der Waals surface area (Å²) in [5, 5.41) is 10.2. The summed E-state index contributed by atoms with van der Waals surface area (Å²) in [5.41, 5.74) is 7.22. The molecule has 0 radical (unpaired) electrons. The molecule has 1 aromatic carbocycles. The fourth-order valence-corrected chi connectivity index (χ4v) is 2.36. The number of β-amino-alcohol motifs (C(OH)–C–C–N with tert-alkyl or cyclic N) is 1. The van der Waals surface area contributed by atoms with E-state index in [-0.39, 0.29) is 5.91 Å². The summed E-state index contributed by atoms with van der Waals surface area (Å²) in [4.78, 5) is 15.2. The number of aliphatic hydroxyl groups excluding tert-OH is 1. The molecule has 0 bridgehead atoms. The van der Waals surface area contributed by atoms with Gasteiger partial charge in [-0.1, -0.05) is 12.1 Å². The summed E-state index contributed by atoms with van der Waals surface area (Å²) >= 11 is 0. The molecule has 0 aromatic heterocycles. The van der Waals surface area contributed by atoms with Gasteiger partial charge < -0.3 is 15.7 Å². The van der Waals surface area contributed by atoms with Gasteiger partial charge >= 0.3 is 0 Å². The van der Waals surface area contributed by atoms with Gasteiger partial charge in [0.2, 0.25) is 5.91 Å². The summed E-state index contributed by atoms with van der Waals surface area (Å²) in [6.07, 6.45) is -0.535. The van der Waals surface area contributed by atoms with Crippen LogP contribution in [0, 0.1) is 0 Å². The zero-order valence-electron chi connectivity index (χ0n) is 11.2. The number of piperazine rings is 1. The summed E-state index contributed by atoms with van der Waals surface area (Å²) in [5.74, 6) is 0.121. The maximum absolute atomic E-state index is 11.2. The van der Waals surface area contributed by atoms with Crippen LogP contribution in [0.3, 0.4) is 0 Å². The van der Waals surface area contributed by atoms with Crippen molar-refractivity contribution in [1.82, 2.24) is 9.80 Å². The van der Waals surface area contributed by atoms with E-state index < -0.39 is 6.10 Å². The van der Waals surface area contributed by atoms with Crippen molar-refractivity contribution in [1.29, 1.82) is 0 Å². The van der Waals surface area contributed by atoms with Crippen molar-refractivity contribution in [2.24, 2.45) is 0 Å². The summed E-state index contributed by atoms with van der Waals surface area (Å²) in [6, 6.07) is 7.34. The summed E-state index contributed by atoms with van der Waals surface area (Å²) in [6.45, 7) is 5.25. The van der Waals surface area contributed by atoms with Crippen molar-refractivity contribution in [3.05, 3.63) is 29.8 Å². The second-order valence-electron chi connectivity index (χ2n) is 4.99. The van der Waals surface area contributed by atoms with Crippen LogP contribution in [-0.2, 0) is 4.79 Å². The average molecular weight is 263 g/mol. The molecule has 3 N–H and O–H groups in total. The molecule has 0 aliphatic carbocycles. The van der Waals surface area contributed by atoms with Gasteiger partial charge in [0, 0.05) is 45.3 Å². The van der Waals surface area contributed by atoms with Crippen molar-refractivity contribution in [2.45, 2.75) is 13.0 Å². The van der Waals surface area contributed by atoms with Gasteiger partial charge in [0.15, 0.2) is 0 Å². The first-order valence-corrected chi connectivity index (χ1v) is 6.57. The number of nitrogen functional groups attached to an aromatic ring is 1. The molecule has 1 aromatic rings. The lowest BCUT2D eigenvalue weighted by Crippen LogP contribution is -2.48. The number of hydrogen-bond donors (Lipinski definition) is 2. The minimum absolute atomic E-state index is 0.121. The van der Waals surface area contributed by atoms with Gasteiger partial charge in [-0.25, -0.2) is 0 Å². The largest absolute Gasteiger partial charge is 0.399 e. The van der Waals surface area contributed by atoms with Crippen LogP contribution in [0.15, 0.2) is 24.3 Å². The lowest BCUT2D eigenvalue weighted by molar-refractivity contribution is -0.130. The van der Waals surface area contributed by atoms with Gasteiger partial charge in [0.25, 0.3) is 0 Å². The van der Waals surface area contributed by atoms with Crippen LogP contribution in [0.4, 0.5) is 5.69 Å². The summed E-state index contributed by atoms with van der Waals surface area (Å²) in [7, 11) is 0. The summed E-state index contributed by atoms with van der Waals surface area (Å²) < 4.78 is 0. The SMILES string of the molecule is CC(=O)N1CCN(CC(O)c2cccc(N)c2)CC1. The van der Waals surface area contributed by atoms with E-state index in [0.717, 1.165) is 31.7 Å². The molecular weight excluding hydrogens is 242 g/mol. The number of rotatable bonds is 3. The van der Waals surface area contributed by atoms with Gasteiger partial charge in [-0.05, 0) is 17.7 Å². The first-order valence-electron chi connectivity index (χ1n) is 6.57. The molecule has 5 heteroatoms. The first kappa shape index (κ1) is 13.8. The Bertz CT molecular complexity index is 442. The van der Waals surface area contributed by atoms with Crippen LogP contribution in [0.5, 0.6) is 0 Å². The van der Waals surface area contributed by atoms with Gasteiger partial charge in [0.05, 0.1) is 6.10 Å². The second kappa shape index (κ2) is 6.04. The van der Waals surface area contributed by atoms with E-state index in [1.807, 2.05) is 23.1 Å². The van der Waals surface area contributed by atoms with Gasteiger partial charge in [0.1, 0.15) is 0 Å². The molecule has 19 heavy (non-hydrogen) atoms. The van der Waals surface area contributed by atoms with Gasteiger partial charge in [-0.15, -0.1) is 0 Å². The van der Waals surface area contributed by atoms with Crippen LogP contribution in [0.25, 0.3) is 0 Å². The fourth-order valence-electron chi connectivity index (χ4n) is 2.36. The van der Waals surface area contributed by atoms with E-state index in [4.69, 9.17) is 5.73 Å². The molecule has 0 spiro atoms. The van der Waals surface area contributed by atoms with Gasteiger partial charge in [-0.2, -0.15) is 0 Å². The Balaban J connectivity index is 1.87. The Kier molecular flexibility index (Phi) is 4.39. The zero-order chi connectivity index (χ0) is 13.8. The third kappa shape index (κ3) is 3.68. The van der Waals surface area contributed by atoms with Crippen LogP contribution in [0.1, 0.15) is 18.6 Å². The Hall–Kier alpha value is -1.59. The van der Waals surface area contributed by atoms with Crippen molar-refractivity contribution in [3.63, 3.8) is 0 Å². The number of nitrogens with zero attached hydrogens (tertiary/aromatic N) is 2. The molecule has 1 fully saturated rings. The molecule has 1 amide bonds. The second-order valence-corrected chi connectivity index (χ2v) is 4.99. The van der Waals surface area contributed by atoms with E-state index in [9.17, 15) is 9.90 Å². The average Bonchev–Trinajstić information content (AvgIpc) is 2.39. The van der Waals surface area contributed by atoms with Crippen LogP contribution >= 0.6 is 0 Å². The molecule has 2 rings (SSSR count). The number of anilines is 1. The number of nitrogens with two attached hydrogens (primary N) is 1. The third-order valence-corrected chi connectivity index (χ3v) is 3.54. The molecule has 1 heterocycles. The lowest BCUT2D eigenvalue weighted by Gasteiger charge is -2.35. The number of carbonyl (C=O) groups excluding carboxylic acids is 1. The molecule has 0 saturated carbocycles. The van der Waals surface area contributed by atoms with E-state index in [0.29, 0.717) is 12.2 Å². The standard InChI is InChI=1S/C14H21N3O2/c1-11(18)17-7-5-16(6-8-17)10-14(19)12-3-2-4-13(15)9-12/h2-4,9,14,19H,5-8,10,15H2,1H3. The molecule has 1 atom stereocenters. The smallest absolute Gasteiger partial charge is 0.219 e. The van der Waals surface area contributed by atoms with E-state index in [1.54, 1.807) is 13.0 Å². The van der Waals surface area contributed by atoms with E-state index in [2.05, 4.69) is 4.90 Å². The first-order chi connectivity index (χ1) is 9.06. The normalized spacial score (nSPS) is 18.3. The van der Waals surface area contributed by atoms with Crippen molar-refractivity contribution in [2.75, 3.05) is 38.5 Å². The van der Waals surface area contributed by atoms with Crippen molar-refractivity contribution >= 4 is 11.6 Å². The third-order valence-electron chi connectivity index (χ3n) is 3.54. The highest BCUT2D eigenvalue weighted by atomic mass is 16.3. The predicted octanol–water partition coefficient (Wildman–Crippen LogP) is 0.466. The van der Waals surface area contributed by atoms with Crippen LogP contribution in [0.2, 0.25) is 0 Å². The quantitative estimate of drug-likeness (QED) is 0.778. The Morgan fingerprint density at radius 2 is 2.05 bits per heavy atom. The minimum Gasteiger partial charge on any atom is -0.399 e. The molecule has 1 aliphatic heterocycles. The maximum Gasteiger partial charge on any atom is 0.219 e. The molecule has 1 saturated heterocycles. The Morgan fingerprint density at radius 1 is 1.37 bits per heavy atom.